The van der Waals surface area contributed by atoms with E-state index in [1.807, 2.05) is 13.0 Å². The maximum Gasteiger partial charge on any atom is 0.141 e. The lowest BCUT2D eigenvalue weighted by Crippen LogP contribution is -1.99. The van der Waals surface area contributed by atoms with Crippen molar-refractivity contribution in [3.63, 3.8) is 0 Å². The van der Waals surface area contributed by atoms with Gasteiger partial charge in [-0.2, -0.15) is 0 Å². The number of anilines is 1. The van der Waals surface area contributed by atoms with E-state index in [0.717, 1.165) is 17.3 Å². The number of aryl methyl sites for hydroxylation is 1. The van der Waals surface area contributed by atoms with Crippen LogP contribution in [0.3, 0.4) is 0 Å². The number of rotatable bonds is 3. The fourth-order valence-electron chi connectivity index (χ4n) is 1.20. The second-order valence-electron chi connectivity index (χ2n) is 3.07. The highest BCUT2D eigenvalue weighted by Crippen LogP contribution is 2.25. The standard InChI is InChI=1S/C10H11N3S2/c1-7-5-8(11)13-9(12-7)6-15-10-3-2-4-14-10/h2-5H,6H2,1H3,(H2,11,12,13). The zero-order valence-electron chi connectivity index (χ0n) is 8.30. The molecular weight excluding hydrogens is 226 g/mol. The van der Waals surface area contributed by atoms with Crippen LogP contribution in [0.2, 0.25) is 0 Å². The van der Waals surface area contributed by atoms with Gasteiger partial charge in [-0.15, -0.1) is 23.1 Å². The molecule has 0 spiro atoms. The first-order valence-corrected chi connectivity index (χ1v) is 6.37. The molecule has 15 heavy (non-hydrogen) atoms. The molecule has 0 saturated heterocycles. The van der Waals surface area contributed by atoms with Gasteiger partial charge in [0, 0.05) is 11.8 Å². The van der Waals surface area contributed by atoms with Crippen molar-refractivity contribution in [1.29, 1.82) is 0 Å². The molecule has 2 rings (SSSR count). The fourth-order valence-corrected chi connectivity index (χ4v) is 2.84. The molecule has 0 bridgehead atoms. The Morgan fingerprint density at radius 3 is 3.00 bits per heavy atom. The normalized spacial score (nSPS) is 10.5. The van der Waals surface area contributed by atoms with Gasteiger partial charge in [0.05, 0.1) is 9.96 Å². The Labute approximate surface area is 96.8 Å². The average Bonchev–Trinajstić information content (AvgIpc) is 2.65. The first kappa shape index (κ1) is 10.4. The summed E-state index contributed by atoms with van der Waals surface area (Å²) in [6, 6.07) is 5.91. The lowest BCUT2D eigenvalue weighted by Gasteiger charge is -2.01. The number of nitrogens with zero attached hydrogens (tertiary/aromatic N) is 2. The summed E-state index contributed by atoms with van der Waals surface area (Å²) in [5, 5.41) is 2.06. The Bertz CT molecular complexity index is 420. The Morgan fingerprint density at radius 1 is 1.47 bits per heavy atom. The summed E-state index contributed by atoms with van der Waals surface area (Å²) >= 11 is 3.46. The van der Waals surface area contributed by atoms with Crippen molar-refractivity contribution in [3.05, 3.63) is 35.1 Å². The largest absolute Gasteiger partial charge is 0.384 e. The molecule has 2 N–H and O–H groups in total. The predicted molar refractivity (Wildman–Crippen MR) is 65.1 cm³/mol. The zero-order valence-corrected chi connectivity index (χ0v) is 9.94. The molecule has 5 heteroatoms. The summed E-state index contributed by atoms with van der Waals surface area (Å²) in [5.74, 6) is 2.11. The molecule has 0 fully saturated rings. The number of nitrogens with two attached hydrogens (primary N) is 1. The second kappa shape index (κ2) is 4.63. The van der Waals surface area contributed by atoms with Crippen LogP contribution in [-0.4, -0.2) is 9.97 Å². The van der Waals surface area contributed by atoms with Gasteiger partial charge in [0.1, 0.15) is 11.6 Å². The maximum absolute atomic E-state index is 5.65. The smallest absolute Gasteiger partial charge is 0.141 e. The van der Waals surface area contributed by atoms with Crippen molar-refractivity contribution in [1.82, 2.24) is 9.97 Å². The molecule has 0 radical (unpaired) electrons. The van der Waals surface area contributed by atoms with E-state index in [1.54, 1.807) is 29.2 Å². The Kier molecular flexibility index (Phi) is 3.23. The van der Waals surface area contributed by atoms with Gasteiger partial charge in [0.2, 0.25) is 0 Å². The highest BCUT2D eigenvalue weighted by atomic mass is 32.2. The second-order valence-corrected chi connectivity index (χ2v) is 5.29. The topological polar surface area (TPSA) is 51.8 Å². The minimum absolute atomic E-state index is 0.546. The summed E-state index contributed by atoms with van der Waals surface area (Å²) in [7, 11) is 0. The van der Waals surface area contributed by atoms with Crippen LogP contribution in [0.5, 0.6) is 0 Å². The van der Waals surface area contributed by atoms with Gasteiger partial charge in [0.25, 0.3) is 0 Å². The number of aromatic nitrogens is 2. The SMILES string of the molecule is Cc1cc(N)nc(CSc2cccs2)n1. The molecule has 0 aliphatic rings. The molecule has 0 aromatic carbocycles. The third-order valence-corrected chi connectivity index (χ3v) is 3.89. The monoisotopic (exact) mass is 237 g/mol. The lowest BCUT2D eigenvalue weighted by atomic mass is 10.4. The number of hydrogen-bond donors (Lipinski definition) is 1. The molecule has 2 aromatic heterocycles. The summed E-state index contributed by atoms with van der Waals surface area (Å²) < 4.78 is 1.28. The van der Waals surface area contributed by atoms with E-state index in [0.29, 0.717) is 5.82 Å². The first-order valence-electron chi connectivity index (χ1n) is 4.50. The number of thiophene rings is 1. The highest BCUT2D eigenvalue weighted by molar-refractivity contribution is 8.00. The molecule has 2 heterocycles. The quantitative estimate of drug-likeness (QED) is 0.834. The van der Waals surface area contributed by atoms with E-state index in [4.69, 9.17) is 5.73 Å². The van der Waals surface area contributed by atoms with Crippen molar-refractivity contribution in [2.75, 3.05) is 5.73 Å². The highest BCUT2D eigenvalue weighted by Gasteiger charge is 2.01. The minimum Gasteiger partial charge on any atom is -0.384 e. The number of hydrogen-bond acceptors (Lipinski definition) is 5. The van der Waals surface area contributed by atoms with E-state index < -0.39 is 0 Å². The molecule has 0 aliphatic heterocycles. The third kappa shape index (κ3) is 2.94. The minimum atomic E-state index is 0.546. The molecular formula is C10H11N3S2. The summed E-state index contributed by atoms with van der Waals surface area (Å²) in [4.78, 5) is 8.51. The Balaban J connectivity index is 2.05. The molecule has 3 nitrogen and oxygen atoms in total. The van der Waals surface area contributed by atoms with Crippen molar-refractivity contribution < 1.29 is 0 Å². The van der Waals surface area contributed by atoms with Crippen LogP contribution >= 0.6 is 23.1 Å². The van der Waals surface area contributed by atoms with Gasteiger partial charge in [0.15, 0.2) is 0 Å². The summed E-state index contributed by atoms with van der Waals surface area (Å²) in [6.45, 7) is 1.93. The van der Waals surface area contributed by atoms with E-state index in [1.165, 1.54) is 4.21 Å². The Morgan fingerprint density at radius 2 is 2.33 bits per heavy atom. The van der Waals surface area contributed by atoms with Crippen LogP contribution in [0.4, 0.5) is 5.82 Å². The van der Waals surface area contributed by atoms with Gasteiger partial charge >= 0.3 is 0 Å². The van der Waals surface area contributed by atoms with E-state index >= 15 is 0 Å². The van der Waals surface area contributed by atoms with Crippen LogP contribution in [-0.2, 0) is 5.75 Å². The predicted octanol–water partition coefficient (Wildman–Crippen LogP) is 2.72. The van der Waals surface area contributed by atoms with Crippen molar-refractivity contribution in [2.24, 2.45) is 0 Å². The van der Waals surface area contributed by atoms with Crippen molar-refractivity contribution in [2.45, 2.75) is 16.9 Å². The van der Waals surface area contributed by atoms with Gasteiger partial charge in [-0.3, -0.25) is 0 Å². The lowest BCUT2D eigenvalue weighted by molar-refractivity contribution is 1.00. The molecule has 0 amide bonds. The fraction of sp³-hybridized carbons (Fsp3) is 0.200. The number of nitrogen functional groups attached to an aromatic ring is 1. The molecule has 0 saturated carbocycles. The van der Waals surface area contributed by atoms with E-state index in [-0.39, 0.29) is 0 Å². The maximum atomic E-state index is 5.65. The molecule has 78 valence electrons. The van der Waals surface area contributed by atoms with Gasteiger partial charge in [-0.05, 0) is 18.4 Å². The van der Waals surface area contributed by atoms with Crippen molar-refractivity contribution in [3.8, 4) is 0 Å². The van der Waals surface area contributed by atoms with Crippen LogP contribution in [0.1, 0.15) is 11.5 Å². The summed E-state index contributed by atoms with van der Waals surface area (Å²) in [6.07, 6.45) is 0. The average molecular weight is 237 g/mol. The Hall–Kier alpha value is -1.07. The molecule has 0 unspecified atom stereocenters. The van der Waals surface area contributed by atoms with Crippen LogP contribution in [0.15, 0.2) is 27.8 Å². The van der Waals surface area contributed by atoms with Gasteiger partial charge in [-0.25, -0.2) is 9.97 Å². The first-order chi connectivity index (χ1) is 7.24. The van der Waals surface area contributed by atoms with E-state index in [9.17, 15) is 0 Å². The molecule has 0 atom stereocenters. The third-order valence-electron chi connectivity index (χ3n) is 1.76. The van der Waals surface area contributed by atoms with Crippen LogP contribution in [0.25, 0.3) is 0 Å². The van der Waals surface area contributed by atoms with E-state index in [2.05, 4.69) is 21.4 Å². The van der Waals surface area contributed by atoms with Crippen LogP contribution in [0, 0.1) is 6.92 Å². The van der Waals surface area contributed by atoms with Gasteiger partial charge < -0.3 is 5.73 Å². The molecule has 0 aliphatic carbocycles. The molecule has 2 aromatic rings. The van der Waals surface area contributed by atoms with Gasteiger partial charge in [-0.1, -0.05) is 6.07 Å². The number of thioether (sulfide) groups is 1. The summed E-state index contributed by atoms with van der Waals surface area (Å²) in [5.41, 5.74) is 6.57. The zero-order chi connectivity index (χ0) is 10.7. The van der Waals surface area contributed by atoms with Crippen LogP contribution < -0.4 is 5.73 Å². The van der Waals surface area contributed by atoms with Crippen molar-refractivity contribution >= 4 is 28.9 Å².